The van der Waals surface area contributed by atoms with E-state index in [0.717, 1.165) is 16.8 Å². The topological polar surface area (TPSA) is 95.0 Å². The third kappa shape index (κ3) is 3.07. The first-order chi connectivity index (χ1) is 10.0. The standard InChI is InChI=1S/C12H10BrCl2N3O3S/c1-5-11(13)6(2)18(17-5)12(19)7-3-10(22(16,20)21)9(15)4-8(7)14/h3-4H,1-2H3,(H2,16,20,21). The zero-order chi connectivity index (χ0) is 16.8. The second kappa shape index (κ2) is 5.93. The van der Waals surface area contributed by atoms with E-state index in [0.29, 0.717) is 15.9 Å². The Bertz CT molecular complexity index is 894. The molecule has 118 valence electrons. The van der Waals surface area contributed by atoms with Crippen LogP contribution in [0.4, 0.5) is 0 Å². The summed E-state index contributed by atoms with van der Waals surface area (Å²) in [5.74, 6) is -0.585. The van der Waals surface area contributed by atoms with Gasteiger partial charge in [-0.3, -0.25) is 4.79 Å². The number of carbonyl (C=O) groups excluding carboxylic acids is 1. The molecule has 2 N–H and O–H groups in total. The van der Waals surface area contributed by atoms with Gasteiger partial charge in [0.1, 0.15) is 4.90 Å². The minimum absolute atomic E-state index is 0.00563. The van der Waals surface area contributed by atoms with E-state index >= 15 is 0 Å². The van der Waals surface area contributed by atoms with Gasteiger partial charge in [0.25, 0.3) is 5.91 Å². The van der Waals surface area contributed by atoms with E-state index in [1.54, 1.807) is 13.8 Å². The molecule has 0 spiro atoms. The molecule has 0 bridgehead atoms. The Morgan fingerprint density at radius 1 is 1.27 bits per heavy atom. The van der Waals surface area contributed by atoms with Crippen molar-refractivity contribution in [1.82, 2.24) is 9.78 Å². The Morgan fingerprint density at radius 3 is 2.32 bits per heavy atom. The van der Waals surface area contributed by atoms with Gasteiger partial charge >= 0.3 is 0 Å². The number of hydrogen-bond acceptors (Lipinski definition) is 4. The summed E-state index contributed by atoms with van der Waals surface area (Å²) in [6.07, 6.45) is 0. The first-order valence-corrected chi connectivity index (χ1v) is 8.91. The molecule has 0 aliphatic rings. The lowest BCUT2D eigenvalue weighted by Gasteiger charge is -2.09. The average molecular weight is 427 g/mol. The molecule has 1 heterocycles. The number of primary sulfonamides is 1. The Balaban J connectivity index is 2.67. The van der Waals surface area contributed by atoms with Crippen LogP contribution >= 0.6 is 39.1 Å². The first kappa shape index (κ1) is 17.4. The van der Waals surface area contributed by atoms with Crippen molar-refractivity contribution < 1.29 is 13.2 Å². The summed E-state index contributed by atoms with van der Waals surface area (Å²) in [6.45, 7) is 3.41. The van der Waals surface area contributed by atoms with Gasteiger partial charge in [-0.25, -0.2) is 13.6 Å². The molecule has 0 aliphatic carbocycles. The van der Waals surface area contributed by atoms with E-state index in [1.807, 2.05) is 0 Å². The first-order valence-electron chi connectivity index (χ1n) is 5.82. The van der Waals surface area contributed by atoms with Crippen molar-refractivity contribution in [2.75, 3.05) is 0 Å². The van der Waals surface area contributed by atoms with E-state index in [1.165, 1.54) is 0 Å². The lowest BCUT2D eigenvalue weighted by molar-refractivity contribution is 0.0942. The van der Waals surface area contributed by atoms with Gasteiger partial charge in [-0.2, -0.15) is 9.78 Å². The van der Waals surface area contributed by atoms with Crippen LogP contribution in [0.1, 0.15) is 21.7 Å². The largest absolute Gasteiger partial charge is 0.279 e. The monoisotopic (exact) mass is 425 g/mol. The fourth-order valence-corrected chi connectivity index (χ4v) is 3.49. The molecule has 0 saturated heterocycles. The normalized spacial score (nSPS) is 11.7. The number of rotatable bonds is 2. The minimum atomic E-state index is -4.08. The molecule has 22 heavy (non-hydrogen) atoms. The number of sulfonamides is 1. The highest BCUT2D eigenvalue weighted by Gasteiger charge is 2.23. The maximum Gasteiger partial charge on any atom is 0.279 e. The number of halogens is 3. The van der Waals surface area contributed by atoms with Crippen molar-refractivity contribution in [3.05, 3.63) is 43.6 Å². The SMILES string of the molecule is Cc1nn(C(=O)c2cc(S(N)(=O)=O)c(Cl)cc2Cl)c(C)c1Br. The van der Waals surface area contributed by atoms with Crippen molar-refractivity contribution in [2.45, 2.75) is 18.7 Å². The van der Waals surface area contributed by atoms with Gasteiger partial charge in [-0.05, 0) is 41.9 Å². The Labute approximate surface area is 145 Å². The minimum Gasteiger partial charge on any atom is -0.267 e. The number of nitrogens with two attached hydrogens (primary N) is 1. The van der Waals surface area contributed by atoms with Crippen LogP contribution in [-0.2, 0) is 10.0 Å². The maximum atomic E-state index is 12.6. The summed E-state index contributed by atoms with van der Waals surface area (Å²) in [7, 11) is -4.08. The van der Waals surface area contributed by atoms with Crippen LogP contribution in [0.2, 0.25) is 10.0 Å². The van der Waals surface area contributed by atoms with Gasteiger partial charge < -0.3 is 0 Å². The molecule has 0 aliphatic heterocycles. The van der Waals surface area contributed by atoms with E-state index < -0.39 is 15.9 Å². The summed E-state index contributed by atoms with van der Waals surface area (Å²) in [5.41, 5.74) is 1.11. The van der Waals surface area contributed by atoms with Crippen LogP contribution in [0, 0.1) is 13.8 Å². The molecule has 10 heteroatoms. The predicted molar refractivity (Wildman–Crippen MR) is 87.0 cm³/mol. The maximum absolute atomic E-state index is 12.6. The molecule has 1 aromatic carbocycles. The Morgan fingerprint density at radius 2 is 1.86 bits per heavy atom. The van der Waals surface area contributed by atoms with Gasteiger partial charge in [0.2, 0.25) is 10.0 Å². The fraction of sp³-hybridized carbons (Fsp3) is 0.167. The van der Waals surface area contributed by atoms with Gasteiger partial charge in [-0.1, -0.05) is 23.2 Å². The van der Waals surface area contributed by atoms with Crippen LogP contribution in [0.3, 0.4) is 0 Å². The highest BCUT2D eigenvalue weighted by Crippen LogP contribution is 2.29. The molecule has 6 nitrogen and oxygen atoms in total. The number of carbonyl (C=O) groups is 1. The fourth-order valence-electron chi connectivity index (χ4n) is 1.85. The van der Waals surface area contributed by atoms with Gasteiger partial charge in [-0.15, -0.1) is 0 Å². The second-order valence-corrected chi connectivity index (χ2v) is 7.65. The number of nitrogens with zero attached hydrogens (tertiary/aromatic N) is 2. The number of aryl methyl sites for hydroxylation is 1. The van der Waals surface area contributed by atoms with E-state index in [-0.39, 0.29) is 20.5 Å². The quantitative estimate of drug-likeness (QED) is 0.798. The number of hydrogen-bond donors (Lipinski definition) is 1. The van der Waals surface area contributed by atoms with Gasteiger partial charge in [0.05, 0.1) is 31.5 Å². The molecular formula is C12H10BrCl2N3O3S. The Hall–Kier alpha value is -0.930. The molecule has 0 amide bonds. The number of benzene rings is 1. The van der Waals surface area contributed by atoms with E-state index in [2.05, 4.69) is 21.0 Å². The lowest BCUT2D eigenvalue weighted by Crippen LogP contribution is -2.18. The van der Waals surface area contributed by atoms with Crippen molar-refractivity contribution in [2.24, 2.45) is 5.14 Å². The van der Waals surface area contributed by atoms with Crippen molar-refractivity contribution in [3.8, 4) is 0 Å². The van der Waals surface area contributed by atoms with Gasteiger partial charge in [0.15, 0.2) is 0 Å². The van der Waals surface area contributed by atoms with Crippen LogP contribution in [0.15, 0.2) is 21.5 Å². The zero-order valence-corrected chi connectivity index (χ0v) is 15.3. The van der Waals surface area contributed by atoms with E-state index in [4.69, 9.17) is 28.3 Å². The number of aromatic nitrogens is 2. The zero-order valence-electron chi connectivity index (χ0n) is 11.4. The van der Waals surface area contributed by atoms with Crippen LogP contribution in [-0.4, -0.2) is 24.1 Å². The summed E-state index contributed by atoms with van der Waals surface area (Å²) in [5, 5.41) is 9.02. The Kier molecular flexibility index (Phi) is 4.70. The molecule has 2 aromatic rings. The van der Waals surface area contributed by atoms with Crippen LogP contribution < -0.4 is 5.14 Å². The van der Waals surface area contributed by atoms with Crippen molar-refractivity contribution in [1.29, 1.82) is 0 Å². The van der Waals surface area contributed by atoms with Crippen LogP contribution in [0.5, 0.6) is 0 Å². The highest BCUT2D eigenvalue weighted by atomic mass is 79.9. The lowest BCUT2D eigenvalue weighted by atomic mass is 10.2. The molecule has 0 fully saturated rings. The van der Waals surface area contributed by atoms with Gasteiger partial charge in [0, 0.05) is 0 Å². The highest BCUT2D eigenvalue weighted by molar-refractivity contribution is 9.10. The average Bonchev–Trinajstić information content (AvgIpc) is 2.64. The van der Waals surface area contributed by atoms with Crippen LogP contribution in [0.25, 0.3) is 0 Å². The summed E-state index contributed by atoms with van der Waals surface area (Å²) >= 11 is 15.1. The molecule has 2 rings (SSSR count). The third-order valence-electron chi connectivity index (χ3n) is 2.95. The second-order valence-electron chi connectivity index (χ2n) is 4.51. The smallest absolute Gasteiger partial charge is 0.267 e. The van der Waals surface area contributed by atoms with E-state index in [9.17, 15) is 13.2 Å². The summed E-state index contributed by atoms with van der Waals surface area (Å²) in [4.78, 5) is 12.2. The molecule has 1 aromatic heterocycles. The summed E-state index contributed by atoms with van der Waals surface area (Å²) in [6, 6.07) is 2.21. The molecule has 0 atom stereocenters. The molecule has 0 saturated carbocycles. The van der Waals surface area contributed by atoms with Crippen molar-refractivity contribution in [3.63, 3.8) is 0 Å². The molecule has 0 radical (unpaired) electrons. The predicted octanol–water partition coefficient (Wildman–Crippen LogP) is 2.91. The molecular weight excluding hydrogens is 417 g/mol. The summed E-state index contributed by atoms with van der Waals surface area (Å²) < 4.78 is 24.8. The van der Waals surface area contributed by atoms with Crippen molar-refractivity contribution >= 4 is 55.1 Å². The third-order valence-corrected chi connectivity index (χ3v) is 5.79. The molecule has 0 unspecified atom stereocenters.